The zero-order valence-corrected chi connectivity index (χ0v) is 14.2. The summed E-state index contributed by atoms with van der Waals surface area (Å²) in [5, 5.41) is 8.85. The number of aryl methyl sites for hydroxylation is 1. The SMILES string of the molecule is Cn1cc2cc(NCc3cc(Cl)c(OCC(F)F)cc3N)ccc2n1. The molecule has 1 aromatic heterocycles. The van der Waals surface area contributed by atoms with Gasteiger partial charge in [-0.15, -0.1) is 0 Å². The Labute approximate surface area is 148 Å². The molecular formula is C17H17ClF2N4O. The molecule has 0 spiro atoms. The molecule has 0 saturated heterocycles. The van der Waals surface area contributed by atoms with Crippen molar-refractivity contribution in [3.8, 4) is 5.75 Å². The third kappa shape index (κ3) is 4.11. The Hall–Kier alpha value is -2.54. The van der Waals surface area contributed by atoms with Crippen LogP contribution in [0.1, 0.15) is 5.56 Å². The normalized spacial score (nSPS) is 11.2. The second-order valence-corrected chi connectivity index (χ2v) is 6.02. The topological polar surface area (TPSA) is 65.1 Å². The summed E-state index contributed by atoms with van der Waals surface area (Å²) in [6.07, 6.45) is -0.637. The van der Waals surface area contributed by atoms with Gasteiger partial charge in [0.2, 0.25) is 0 Å². The minimum absolute atomic E-state index is 0.153. The van der Waals surface area contributed by atoms with Crippen LogP contribution in [0.5, 0.6) is 5.75 Å². The zero-order chi connectivity index (χ0) is 18.0. The van der Waals surface area contributed by atoms with Crippen LogP contribution in [0.15, 0.2) is 36.5 Å². The molecule has 0 amide bonds. The van der Waals surface area contributed by atoms with Crippen LogP contribution in [-0.2, 0) is 13.6 Å². The molecule has 3 N–H and O–H groups in total. The van der Waals surface area contributed by atoms with Gasteiger partial charge < -0.3 is 15.8 Å². The monoisotopic (exact) mass is 366 g/mol. The number of rotatable bonds is 6. The van der Waals surface area contributed by atoms with E-state index in [9.17, 15) is 8.78 Å². The lowest BCUT2D eigenvalue weighted by Crippen LogP contribution is -2.09. The van der Waals surface area contributed by atoms with E-state index in [0.29, 0.717) is 12.2 Å². The molecule has 5 nitrogen and oxygen atoms in total. The maximum Gasteiger partial charge on any atom is 0.272 e. The minimum atomic E-state index is -2.57. The Morgan fingerprint density at radius 3 is 2.88 bits per heavy atom. The first-order valence-corrected chi connectivity index (χ1v) is 7.96. The van der Waals surface area contributed by atoms with Crippen molar-refractivity contribution >= 4 is 33.9 Å². The molecule has 3 rings (SSSR count). The largest absolute Gasteiger partial charge is 0.486 e. The quantitative estimate of drug-likeness (QED) is 0.645. The summed E-state index contributed by atoms with van der Waals surface area (Å²) in [4.78, 5) is 0. The van der Waals surface area contributed by atoms with Crippen molar-refractivity contribution in [3.63, 3.8) is 0 Å². The maximum absolute atomic E-state index is 12.2. The van der Waals surface area contributed by atoms with Gasteiger partial charge in [-0.05, 0) is 29.8 Å². The van der Waals surface area contributed by atoms with Crippen LogP contribution >= 0.6 is 11.6 Å². The molecule has 0 unspecified atom stereocenters. The first kappa shape index (κ1) is 17.3. The molecule has 0 radical (unpaired) electrons. The number of ether oxygens (including phenoxy) is 1. The summed E-state index contributed by atoms with van der Waals surface area (Å²) in [7, 11) is 1.87. The van der Waals surface area contributed by atoms with E-state index in [-0.39, 0.29) is 10.8 Å². The molecular weight excluding hydrogens is 350 g/mol. The van der Waals surface area contributed by atoms with Crippen molar-refractivity contribution in [2.45, 2.75) is 13.0 Å². The van der Waals surface area contributed by atoms with Crippen LogP contribution in [0.2, 0.25) is 5.02 Å². The molecule has 2 aromatic carbocycles. The Morgan fingerprint density at radius 2 is 2.12 bits per heavy atom. The van der Waals surface area contributed by atoms with Gasteiger partial charge in [0, 0.05) is 42.6 Å². The number of nitrogen functional groups attached to an aromatic ring is 1. The molecule has 8 heteroatoms. The highest BCUT2D eigenvalue weighted by Gasteiger charge is 2.11. The Morgan fingerprint density at radius 1 is 1.32 bits per heavy atom. The summed E-state index contributed by atoms with van der Waals surface area (Å²) in [5.41, 5.74) is 8.97. The number of nitrogens with one attached hydrogen (secondary N) is 1. The lowest BCUT2D eigenvalue weighted by atomic mass is 10.1. The van der Waals surface area contributed by atoms with E-state index < -0.39 is 13.0 Å². The number of fused-ring (bicyclic) bond motifs is 1. The van der Waals surface area contributed by atoms with Gasteiger partial charge in [0.25, 0.3) is 6.43 Å². The van der Waals surface area contributed by atoms with E-state index >= 15 is 0 Å². The van der Waals surface area contributed by atoms with Crippen molar-refractivity contribution in [1.29, 1.82) is 0 Å². The average molecular weight is 367 g/mol. The fourth-order valence-corrected chi connectivity index (χ4v) is 2.72. The molecule has 0 aliphatic carbocycles. The highest BCUT2D eigenvalue weighted by atomic mass is 35.5. The Bertz CT molecular complexity index is 898. The van der Waals surface area contributed by atoms with Gasteiger partial charge in [0.15, 0.2) is 0 Å². The predicted molar refractivity (Wildman–Crippen MR) is 95.4 cm³/mol. The number of nitrogens with two attached hydrogens (primary N) is 1. The standard InChI is InChI=1S/C17H17ClF2N4O/c1-24-8-11-4-12(2-3-15(11)23-24)22-7-10-5-13(18)16(6-14(10)21)25-9-17(19)20/h2-6,8,17,22H,7,9,21H2,1H3. The molecule has 0 saturated carbocycles. The highest BCUT2D eigenvalue weighted by Crippen LogP contribution is 2.31. The van der Waals surface area contributed by atoms with Gasteiger partial charge in [0.1, 0.15) is 12.4 Å². The van der Waals surface area contributed by atoms with E-state index in [1.54, 1.807) is 10.7 Å². The predicted octanol–water partition coefficient (Wildman–Crippen LogP) is 4.06. The molecule has 25 heavy (non-hydrogen) atoms. The van der Waals surface area contributed by atoms with Crippen molar-refractivity contribution in [2.24, 2.45) is 7.05 Å². The molecule has 1 heterocycles. The van der Waals surface area contributed by atoms with E-state index in [2.05, 4.69) is 10.4 Å². The molecule has 132 valence electrons. The van der Waals surface area contributed by atoms with Gasteiger partial charge in [-0.2, -0.15) is 5.10 Å². The lowest BCUT2D eigenvalue weighted by Gasteiger charge is -2.13. The van der Waals surface area contributed by atoms with Gasteiger partial charge >= 0.3 is 0 Å². The fraction of sp³-hybridized carbons (Fsp3) is 0.235. The number of anilines is 2. The van der Waals surface area contributed by atoms with Crippen LogP contribution in [0.3, 0.4) is 0 Å². The summed E-state index contributed by atoms with van der Waals surface area (Å²) < 4.78 is 31.2. The number of benzene rings is 2. The van der Waals surface area contributed by atoms with Crippen LogP contribution < -0.4 is 15.8 Å². The number of hydrogen-bond donors (Lipinski definition) is 2. The third-order valence-corrected chi connectivity index (χ3v) is 3.96. The minimum Gasteiger partial charge on any atom is -0.486 e. The van der Waals surface area contributed by atoms with E-state index in [0.717, 1.165) is 22.2 Å². The summed E-state index contributed by atoms with van der Waals surface area (Å²) in [5.74, 6) is 0.153. The molecule has 0 aliphatic heterocycles. The number of hydrogen-bond acceptors (Lipinski definition) is 4. The van der Waals surface area contributed by atoms with Gasteiger partial charge in [-0.1, -0.05) is 11.6 Å². The maximum atomic E-state index is 12.2. The van der Waals surface area contributed by atoms with Crippen LogP contribution in [0, 0.1) is 0 Å². The van der Waals surface area contributed by atoms with Crippen LogP contribution in [0.25, 0.3) is 10.9 Å². The molecule has 0 atom stereocenters. The average Bonchev–Trinajstić information content (AvgIpc) is 2.93. The van der Waals surface area contributed by atoms with Crippen LogP contribution in [-0.4, -0.2) is 22.8 Å². The van der Waals surface area contributed by atoms with E-state index in [1.165, 1.54) is 6.07 Å². The van der Waals surface area contributed by atoms with Crippen molar-refractivity contribution in [2.75, 3.05) is 17.7 Å². The summed E-state index contributed by atoms with van der Waals surface area (Å²) in [6.45, 7) is -0.283. The van der Waals surface area contributed by atoms with Crippen LogP contribution in [0.4, 0.5) is 20.2 Å². The van der Waals surface area contributed by atoms with E-state index in [1.807, 2.05) is 31.4 Å². The molecule has 3 aromatic rings. The first-order valence-electron chi connectivity index (χ1n) is 7.58. The lowest BCUT2D eigenvalue weighted by molar-refractivity contribution is 0.0820. The van der Waals surface area contributed by atoms with Crippen molar-refractivity contribution in [3.05, 3.63) is 47.1 Å². The second kappa shape index (κ2) is 7.14. The smallest absolute Gasteiger partial charge is 0.272 e. The number of nitrogens with zero attached hydrogens (tertiary/aromatic N) is 2. The van der Waals surface area contributed by atoms with E-state index in [4.69, 9.17) is 22.1 Å². The van der Waals surface area contributed by atoms with Crippen molar-refractivity contribution in [1.82, 2.24) is 9.78 Å². The number of aromatic nitrogens is 2. The van der Waals surface area contributed by atoms with Gasteiger partial charge in [-0.25, -0.2) is 8.78 Å². The first-order chi connectivity index (χ1) is 11.9. The van der Waals surface area contributed by atoms with Gasteiger partial charge in [-0.3, -0.25) is 4.68 Å². The Kier molecular flexibility index (Phi) is 4.94. The fourth-order valence-electron chi connectivity index (χ4n) is 2.48. The number of halogens is 3. The molecule has 0 bridgehead atoms. The molecule has 0 aliphatic rings. The second-order valence-electron chi connectivity index (χ2n) is 5.61. The third-order valence-electron chi connectivity index (χ3n) is 3.66. The number of alkyl halides is 2. The zero-order valence-electron chi connectivity index (χ0n) is 13.5. The Balaban J connectivity index is 1.72. The highest BCUT2D eigenvalue weighted by molar-refractivity contribution is 6.32. The molecule has 0 fully saturated rings. The van der Waals surface area contributed by atoms with Gasteiger partial charge in [0.05, 0.1) is 10.5 Å². The summed E-state index contributed by atoms with van der Waals surface area (Å²) in [6, 6.07) is 8.92. The summed E-state index contributed by atoms with van der Waals surface area (Å²) >= 11 is 6.08. The van der Waals surface area contributed by atoms with Crippen molar-refractivity contribution < 1.29 is 13.5 Å².